The second-order valence-corrected chi connectivity index (χ2v) is 6.34. The molecule has 1 aromatic carbocycles. The fourth-order valence-electron chi connectivity index (χ4n) is 2.19. The van der Waals surface area contributed by atoms with Gasteiger partial charge in [-0.15, -0.1) is 0 Å². The highest BCUT2D eigenvalue weighted by Gasteiger charge is 2.32. The molecule has 98 valence electrons. The highest BCUT2D eigenvalue weighted by Crippen LogP contribution is 2.35. The number of carbonyl (C=O) groups is 1. The summed E-state index contributed by atoms with van der Waals surface area (Å²) in [6.07, 6.45) is 0. The quantitative estimate of drug-likeness (QED) is 0.842. The fraction of sp³-hybridized carbons (Fsp3) is 0.533. The Kier molecular flexibility index (Phi) is 3.20. The standard InChI is InChI=1S/C15H22N2O/c1-9-6-7-11-12(10(9)2)17-14(18)13(11)16-8-15(3,4)5/h6-7,13,16H,8H2,1-5H3,(H,17,18). The topological polar surface area (TPSA) is 41.1 Å². The van der Waals surface area contributed by atoms with E-state index >= 15 is 0 Å². The maximum absolute atomic E-state index is 12.0. The first-order valence-corrected chi connectivity index (χ1v) is 6.44. The number of benzene rings is 1. The number of rotatable bonds is 2. The minimum Gasteiger partial charge on any atom is -0.324 e. The summed E-state index contributed by atoms with van der Waals surface area (Å²) in [6.45, 7) is 11.4. The summed E-state index contributed by atoms with van der Waals surface area (Å²) in [6, 6.07) is 3.93. The molecule has 0 radical (unpaired) electrons. The summed E-state index contributed by atoms with van der Waals surface area (Å²) in [5.41, 5.74) is 4.62. The van der Waals surface area contributed by atoms with Gasteiger partial charge in [0.2, 0.25) is 5.91 Å². The lowest BCUT2D eigenvalue weighted by atomic mass is 9.95. The molecule has 0 spiro atoms. The van der Waals surface area contributed by atoms with E-state index in [4.69, 9.17) is 0 Å². The molecule has 0 aliphatic carbocycles. The van der Waals surface area contributed by atoms with Crippen LogP contribution in [0.2, 0.25) is 0 Å². The fourth-order valence-corrected chi connectivity index (χ4v) is 2.19. The van der Waals surface area contributed by atoms with Gasteiger partial charge in [-0.05, 0) is 30.4 Å². The molecule has 1 heterocycles. The molecule has 3 heteroatoms. The molecule has 3 nitrogen and oxygen atoms in total. The average molecular weight is 246 g/mol. The first-order chi connectivity index (χ1) is 8.29. The second kappa shape index (κ2) is 4.39. The summed E-state index contributed by atoms with van der Waals surface area (Å²) in [4.78, 5) is 12.0. The van der Waals surface area contributed by atoms with E-state index in [0.717, 1.165) is 17.8 Å². The number of aryl methyl sites for hydroxylation is 1. The van der Waals surface area contributed by atoms with E-state index in [2.05, 4.69) is 57.4 Å². The van der Waals surface area contributed by atoms with E-state index in [1.165, 1.54) is 11.1 Å². The van der Waals surface area contributed by atoms with Crippen LogP contribution in [0.15, 0.2) is 12.1 Å². The van der Waals surface area contributed by atoms with Crippen molar-refractivity contribution in [2.24, 2.45) is 5.41 Å². The molecule has 2 N–H and O–H groups in total. The van der Waals surface area contributed by atoms with Gasteiger partial charge in [-0.2, -0.15) is 0 Å². The number of hydrogen-bond donors (Lipinski definition) is 2. The maximum Gasteiger partial charge on any atom is 0.246 e. The number of anilines is 1. The van der Waals surface area contributed by atoms with Gasteiger partial charge in [-0.1, -0.05) is 32.9 Å². The van der Waals surface area contributed by atoms with Crippen molar-refractivity contribution in [1.82, 2.24) is 5.32 Å². The Hall–Kier alpha value is -1.35. The normalized spacial score (nSPS) is 18.7. The third-order valence-electron chi connectivity index (χ3n) is 3.43. The highest BCUT2D eigenvalue weighted by atomic mass is 16.2. The smallest absolute Gasteiger partial charge is 0.246 e. The number of nitrogens with one attached hydrogen (secondary N) is 2. The Bertz CT molecular complexity index is 486. The minimum absolute atomic E-state index is 0.0583. The lowest BCUT2D eigenvalue weighted by Gasteiger charge is -2.21. The van der Waals surface area contributed by atoms with Gasteiger partial charge in [-0.25, -0.2) is 0 Å². The summed E-state index contributed by atoms with van der Waals surface area (Å²) >= 11 is 0. The van der Waals surface area contributed by atoms with Gasteiger partial charge < -0.3 is 10.6 Å². The van der Waals surface area contributed by atoms with Crippen molar-refractivity contribution in [2.75, 3.05) is 11.9 Å². The molecule has 0 saturated carbocycles. The van der Waals surface area contributed by atoms with E-state index < -0.39 is 0 Å². The molecule has 1 atom stereocenters. The Morgan fingerprint density at radius 2 is 1.94 bits per heavy atom. The number of fused-ring (bicyclic) bond motifs is 1. The maximum atomic E-state index is 12.0. The Morgan fingerprint density at radius 3 is 2.56 bits per heavy atom. The first kappa shape index (κ1) is 13.1. The van der Waals surface area contributed by atoms with Gasteiger partial charge in [0.15, 0.2) is 0 Å². The molecule has 1 aliphatic rings. The minimum atomic E-state index is -0.210. The molecule has 1 amide bonds. The summed E-state index contributed by atoms with van der Waals surface area (Å²) in [5, 5.41) is 6.35. The second-order valence-electron chi connectivity index (χ2n) is 6.34. The molecule has 1 aliphatic heterocycles. The predicted molar refractivity (Wildman–Crippen MR) is 74.7 cm³/mol. The van der Waals surface area contributed by atoms with Gasteiger partial charge in [-0.3, -0.25) is 4.79 Å². The van der Waals surface area contributed by atoms with Gasteiger partial charge in [0.25, 0.3) is 0 Å². The van der Waals surface area contributed by atoms with E-state index in [-0.39, 0.29) is 17.4 Å². The molecular formula is C15H22N2O. The monoisotopic (exact) mass is 246 g/mol. The first-order valence-electron chi connectivity index (χ1n) is 6.44. The van der Waals surface area contributed by atoms with Crippen LogP contribution in [-0.4, -0.2) is 12.5 Å². The van der Waals surface area contributed by atoms with Crippen molar-refractivity contribution in [1.29, 1.82) is 0 Å². The van der Waals surface area contributed by atoms with Crippen LogP contribution in [0.5, 0.6) is 0 Å². The largest absolute Gasteiger partial charge is 0.324 e. The van der Waals surface area contributed by atoms with Gasteiger partial charge in [0.1, 0.15) is 6.04 Å². The molecule has 1 unspecified atom stereocenters. The molecular weight excluding hydrogens is 224 g/mol. The number of carbonyl (C=O) groups excluding carboxylic acids is 1. The summed E-state index contributed by atoms with van der Waals surface area (Å²) < 4.78 is 0. The van der Waals surface area contributed by atoms with E-state index in [9.17, 15) is 4.79 Å². The van der Waals surface area contributed by atoms with Gasteiger partial charge in [0, 0.05) is 17.8 Å². The van der Waals surface area contributed by atoms with Crippen LogP contribution >= 0.6 is 0 Å². The van der Waals surface area contributed by atoms with Crippen LogP contribution in [0.25, 0.3) is 0 Å². The van der Waals surface area contributed by atoms with Crippen LogP contribution in [0.3, 0.4) is 0 Å². The Morgan fingerprint density at radius 1 is 1.28 bits per heavy atom. The summed E-state index contributed by atoms with van der Waals surface area (Å²) in [7, 11) is 0. The van der Waals surface area contributed by atoms with Crippen LogP contribution in [0, 0.1) is 19.3 Å². The Labute approximate surface area is 109 Å². The van der Waals surface area contributed by atoms with E-state index in [0.29, 0.717) is 0 Å². The Balaban J connectivity index is 2.26. The molecule has 2 rings (SSSR count). The van der Waals surface area contributed by atoms with Crippen molar-refractivity contribution in [2.45, 2.75) is 40.7 Å². The van der Waals surface area contributed by atoms with Crippen LogP contribution in [0.4, 0.5) is 5.69 Å². The van der Waals surface area contributed by atoms with Crippen LogP contribution in [-0.2, 0) is 4.79 Å². The lowest BCUT2D eigenvalue weighted by Crippen LogP contribution is -2.34. The molecule has 0 bridgehead atoms. The van der Waals surface area contributed by atoms with E-state index in [1.54, 1.807) is 0 Å². The van der Waals surface area contributed by atoms with Crippen molar-refractivity contribution in [3.63, 3.8) is 0 Å². The zero-order valence-corrected chi connectivity index (χ0v) is 11.8. The van der Waals surface area contributed by atoms with Crippen molar-refractivity contribution >= 4 is 11.6 Å². The predicted octanol–water partition coefficient (Wildman–Crippen LogP) is 2.93. The zero-order chi connectivity index (χ0) is 13.5. The van der Waals surface area contributed by atoms with E-state index in [1.807, 2.05) is 0 Å². The van der Waals surface area contributed by atoms with Crippen molar-refractivity contribution in [3.8, 4) is 0 Å². The van der Waals surface area contributed by atoms with Crippen molar-refractivity contribution < 1.29 is 4.79 Å². The van der Waals surface area contributed by atoms with Crippen LogP contribution in [0.1, 0.15) is 43.5 Å². The average Bonchev–Trinajstić information content (AvgIpc) is 2.57. The molecule has 18 heavy (non-hydrogen) atoms. The zero-order valence-electron chi connectivity index (χ0n) is 11.8. The third kappa shape index (κ3) is 2.41. The molecule has 0 saturated heterocycles. The highest BCUT2D eigenvalue weighted by molar-refractivity contribution is 6.03. The van der Waals surface area contributed by atoms with Crippen molar-refractivity contribution in [3.05, 3.63) is 28.8 Å². The third-order valence-corrected chi connectivity index (χ3v) is 3.43. The van der Waals surface area contributed by atoms with Crippen LogP contribution < -0.4 is 10.6 Å². The SMILES string of the molecule is Cc1ccc2c(c1C)NC(=O)C2NCC(C)(C)C. The number of hydrogen-bond acceptors (Lipinski definition) is 2. The van der Waals surface area contributed by atoms with Gasteiger partial charge >= 0.3 is 0 Å². The molecule has 0 aromatic heterocycles. The number of amides is 1. The lowest BCUT2D eigenvalue weighted by molar-refractivity contribution is -0.117. The molecule has 0 fully saturated rings. The molecule has 1 aromatic rings. The summed E-state index contributed by atoms with van der Waals surface area (Å²) in [5.74, 6) is 0.0583. The van der Waals surface area contributed by atoms with Gasteiger partial charge in [0.05, 0.1) is 0 Å².